The van der Waals surface area contributed by atoms with E-state index in [9.17, 15) is 4.79 Å². The van der Waals surface area contributed by atoms with Crippen LogP contribution >= 0.6 is 0 Å². The molecule has 0 aliphatic carbocycles. The Labute approximate surface area is 121 Å². The van der Waals surface area contributed by atoms with Gasteiger partial charge in [-0.2, -0.15) is 4.98 Å². The Bertz CT molecular complexity index is 780. The number of rotatable bonds is 5. The van der Waals surface area contributed by atoms with E-state index in [-0.39, 0.29) is 0 Å². The van der Waals surface area contributed by atoms with Gasteiger partial charge in [-0.3, -0.25) is 9.20 Å². The van der Waals surface area contributed by atoms with Gasteiger partial charge in [0, 0.05) is 13.3 Å². The summed E-state index contributed by atoms with van der Waals surface area (Å²) in [7, 11) is 1.64. The summed E-state index contributed by atoms with van der Waals surface area (Å²) in [6.45, 7) is 0.503. The molecule has 0 N–H and O–H groups in total. The average molecular weight is 282 g/mol. The number of hydrogen-bond acceptors (Lipinski definition) is 4. The molecule has 2 heterocycles. The fourth-order valence-electron chi connectivity index (χ4n) is 2.15. The summed E-state index contributed by atoms with van der Waals surface area (Å²) in [6, 6.07) is 13.0. The molecule has 0 spiro atoms. The number of carbonyl (C=O) groups excluding carboxylic acids is 1. The quantitative estimate of drug-likeness (QED) is 0.675. The molecule has 0 fully saturated rings. The highest BCUT2D eigenvalue weighted by atomic mass is 16.5. The van der Waals surface area contributed by atoms with E-state index in [4.69, 9.17) is 9.47 Å². The predicted molar refractivity (Wildman–Crippen MR) is 77.8 cm³/mol. The molecule has 0 amide bonds. The standard InChI is InChI=1S/C16H14N2O3/c1-20-11-12-5-4-6-13(9-12)21-16-14(10-19)18-8-3-2-7-15(18)17-16/h2-10H,11H2,1H3. The van der Waals surface area contributed by atoms with Gasteiger partial charge >= 0.3 is 0 Å². The Morgan fingerprint density at radius 2 is 2.14 bits per heavy atom. The molecule has 21 heavy (non-hydrogen) atoms. The van der Waals surface area contributed by atoms with Crippen molar-refractivity contribution in [1.82, 2.24) is 9.38 Å². The van der Waals surface area contributed by atoms with Crippen molar-refractivity contribution in [2.24, 2.45) is 0 Å². The van der Waals surface area contributed by atoms with Crippen LogP contribution < -0.4 is 4.74 Å². The molecule has 5 nitrogen and oxygen atoms in total. The van der Waals surface area contributed by atoms with E-state index < -0.39 is 0 Å². The van der Waals surface area contributed by atoms with E-state index in [2.05, 4.69) is 4.98 Å². The second-order valence-corrected chi connectivity index (χ2v) is 4.53. The van der Waals surface area contributed by atoms with Gasteiger partial charge in [-0.1, -0.05) is 18.2 Å². The molecule has 2 aromatic heterocycles. The third-order valence-electron chi connectivity index (χ3n) is 3.07. The van der Waals surface area contributed by atoms with Crippen LogP contribution in [0, 0.1) is 0 Å². The van der Waals surface area contributed by atoms with E-state index in [1.54, 1.807) is 17.7 Å². The number of methoxy groups -OCH3 is 1. The first-order valence-corrected chi connectivity index (χ1v) is 6.50. The van der Waals surface area contributed by atoms with Crippen molar-refractivity contribution >= 4 is 11.9 Å². The fourth-order valence-corrected chi connectivity index (χ4v) is 2.15. The lowest BCUT2D eigenvalue weighted by Gasteiger charge is -2.05. The lowest BCUT2D eigenvalue weighted by atomic mass is 10.2. The minimum atomic E-state index is 0.297. The Morgan fingerprint density at radius 3 is 2.95 bits per heavy atom. The number of aldehydes is 1. The molecule has 0 aliphatic heterocycles. The van der Waals surface area contributed by atoms with Gasteiger partial charge in [0.25, 0.3) is 0 Å². The minimum absolute atomic E-state index is 0.297. The van der Waals surface area contributed by atoms with Crippen LogP contribution in [0.25, 0.3) is 5.65 Å². The van der Waals surface area contributed by atoms with Crippen LogP contribution in [-0.4, -0.2) is 22.8 Å². The molecule has 0 atom stereocenters. The molecule has 0 saturated heterocycles. The maximum absolute atomic E-state index is 11.3. The number of fused-ring (bicyclic) bond motifs is 1. The lowest BCUT2D eigenvalue weighted by Crippen LogP contribution is -1.94. The van der Waals surface area contributed by atoms with Crippen molar-refractivity contribution in [1.29, 1.82) is 0 Å². The minimum Gasteiger partial charge on any atom is -0.437 e. The molecule has 3 aromatic rings. The van der Waals surface area contributed by atoms with E-state index in [1.807, 2.05) is 42.5 Å². The summed E-state index contributed by atoms with van der Waals surface area (Å²) in [6.07, 6.45) is 2.52. The van der Waals surface area contributed by atoms with E-state index in [0.717, 1.165) is 11.8 Å². The molecule has 106 valence electrons. The summed E-state index contributed by atoms with van der Waals surface area (Å²) in [5, 5.41) is 0. The summed E-state index contributed by atoms with van der Waals surface area (Å²) in [4.78, 5) is 15.6. The average Bonchev–Trinajstić information content (AvgIpc) is 2.85. The van der Waals surface area contributed by atoms with Crippen molar-refractivity contribution in [3.8, 4) is 11.6 Å². The van der Waals surface area contributed by atoms with Gasteiger partial charge in [0.05, 0.1) is 6.61 Å². The number of imidazole rings is 1. The van der Waals surface area contributed by atoms with E-state index in [0.29, 0.717) is 29.6 Å². The molecule has 0 bridgehead atoms. The fraction of sp³-hybridized carbons (Fsp3) is 0.125. The van der Waals surface area contributed by atoms with Crippen LogP contribution in [0.2, 0.25) is 0 Å². The van der Waals surface area contributed by atoms with Crippen molar-refractivity contribution < 1.29 is 14.3 Å². The van der Waals surface area contributed by atoms with Gasteiger partial charge in [0.1, 0.15) is 11.4 Å². The molecular weight excluding hydrogens is 268 g/mol. The molecule has 0 unspecified atom stereocenters. The molecule has 1 aromatic carbocycles. The highest BCUT2D eigenvalue weighted by Crippen LogP contribution is 2.25. The van der Waals surface area contributed by atoms with Gasteiger partial charge in [0.15, 0.2) is 12.0 Å². The van der Waals surface area contributed by atoms with Gasteiger partial charge < -0.3 is 9.47 Å². The van der Waals surface area contributed by atoms with Crippen LogP contribution in [-0.2, 0) is 11.3 Å². The molecule has 0 aliphatic rings. The number of pyridine rings is 1. The van der Waals surface area contributed by atoms with E-state index in [1.165, 1.54) is 0 Å². The van der Waals surface area contributed by atoms with Crippen molar-refractivity contribution in [2.45, 2.75) is 6.61 Å². The Morgan fingerprint density at radius 1 is 1.24 bits per heavy atom. The molecular formula is C16H14N2O3. The number of carbonyl (C=O) groups is 1. The maximum Gasteiger partial charge on any atom is 0.249 e. The largest absolute Gasteiger partial charge is 0.437 e. The smallest absolute Gasteiger partial charge is 0.249 e. The monoisotopic (exact) mass is 282 g/mol. The SMILES string of the molecule is COCc1cccc(Oc2nc3ccccn3c2C=O)c1. The first-order valence-electron chi connectivity index (χ1n) is 6.50. The van der Waals surface area contributed by atoms with Crippen molar-refractivity contribution in [3.63, 3.8) is 0 Å². The predicted octanol–water partition coefficient (Wildman–Crippen LogP) is 3.09. The second kappa shape index (κ2) is 5.76. The Balaban J connectivity index is 1.97. The number of ether oxygens (including phenoxy) is 2. The highest BCUT2D eigenvalue weighted by molar-refractivity contribution is 5.78. The molecule has 0 saturated carbocycles. The van der Waals surface area contributed by atoms with Gasteiger partial charge in [0.2, 0.25) is 5.88 Å². The molecule has 3 rings (SSSR count). The number of aromatic nitrogens is 2. The van der Waals surface area contributed by atoms with Gasteiger partial charge in [-0.15, -0.1) is 0 Å². The zero-order chi connectivity index (χ0) is 14.7. The van der Waals surface area contributed by atoms with Gasteiger partial charge in [-0.05, 0) is 29.8 Å². The number of benzene rings is 1. The van der Waals surface area contributed by atoms with Crippen molar-refractivity contribution in [2.75, 3.05) is 7.11 Å². The van der Waals surface area contributed by atoms with Crippen LogP contribution in [0.5, 0.6) is 11.6 Å². The topological polar surface area (TPSA) is 52.8 Å². The normalized spacial score (nSPS) is 10.7. The first-order chi connectivity index (χ1) is 10.3. The Hall–Kier alpha value is -2.66. The van der Waals surface area contributed by atoms with Crippen LogP contribution in [0.1, 0.15) is 16.1 Å². The first kappa shape index (κ1) is 13.3. The number of hydrogen-bond donors (Lipinski definition) is 0. The van der Waals surface area contributed by atoms with Crippen molar-refractivity contribution in [3.05, 3.63) is 59.9 Å². The van der Waals surface area contributed by atoms with Crippen LogP contribution in [0.3, 0.4) is 0 Å². The molecule has 5 heteroatoms. The Kier molecular flexibility index (Phi) is 3.66. The second-order valence-electron chi connectivity index (χ2n) is 4.53. The third-order valence-corrected chi connectivity index (χ3v) is 3.07. The van der Waals surface area contributed by atoms with Gasteiger partial charge in [-0.25, -0.2) is 0 Å². The van der Waals surface area contributed by atoms with Crippen LogP contribution in [0.4, 0.5) is 0 Å². The van der Waals surface area contributed by atoms with Crippen LogP contribution in [0.15, 0.2) is 48.7 Å². The third kappa shape index (κ3) is 2.64. The summed E-state index contributed by atoms with van der Waals surface area (Å²) in [5.74, 6) is 0.918. The number of nitrogens with zero attached hydrogens (tertiary/aromatic N) is 2. The van der Waals surface area contributed by atoms with E-state index >= 15 is 0 Å². The zero-order valence-corrected chi connectivity index (χ0v) is 11.5. The molecule has 0 radical (unpaired) electrons. The zero-order valence-electron chi connectivity index (χ0n) is 11.5. The summed E-state index contributed by atoms with van der Waals surface area (Å²) in [5.41, 5.74) is 2.05. The highest BCUT2D eigenvalue weighted by Gasteiger charge is 2.13. The maximum atomic E-state index is 11.3. The summed E-state index contributed by atoms with van der Waals surface area (Å²) < 4.78 is 12.5. The lowest BCUT2D eigenvalue weighted by molar-refractivity contribution is 0.111. The summed E-state index contributed by atoms with van der Waals surface area (Å²) >= 11 is 0.